The second-order valence-electron chi connectivity index (χ2n) is 7.57. The maximum absolute atomic E-state index is 13.2. The topological polar surface area (TPSA) is 55.8 Å². The summed E-state index contributed by atoms with van der Waals surface area (Å²) in [4.78, 5) is 28.0. The van der Waals surface area contributed by atoms with Crippen molar-refractivity contribution in [1.29, 1.82) is 0 Å². The van der Waals surface area contributed by atoms with Gasteiger partial charge in [0.1, 0.15) is 0 Å². The summed E-state index contributed by atoms with van der Waals surface area (Å²) < 4.78 is 10.8. The van der Waals surface area contributed by atoms with Crippen LogP contribution in [0.4, 0.5) is 5.69 Å². The summed E-state index contributed by atoms with van der Waals surface area (Å²) in [6.07, 6.45) is 2.28. The lowest BCUT2D eigenvalue weighted by Gasteiger charge is -2.38. The highest BCUT2D eigenvalue weighted by molar-refractivity contribution is 6.07. The first-order valence-electron chi connectivity index (χ1n) is 9.91. The lowest BCUT2D eigenvalue weighted by molar-refractivity contribution is -0.119. The molecule has 5 nitrogen and oxygen atoms in total. The molecule has 1 unspecified atom stereocenters. The van der Waals surface area contributed by atoms with Gasteiger partial charge in [-0.3, -0.25) is 14.5 Å². The first-order chi connectivity index (χ1) is 14.0. The zero-order chi connectivity index (χ0) is 20.5. The van der Waals surface area contributed by atoms with Gasteiger partial charge in [-0.25, -0.2) is 0 Å². The molecule has 1 heterocycles. The minimum absolute atomic E-state index is 0.0158. The van der Waals surface area contributed by atoms with Gasteiger partial charge in [-0.1, -0.05) is 23.8 Å². The Kier molecular flexibility index (Phi) is 5.14. The van der Waals surface area contributed by atoms with Gasteiger partial charge in [-0.15, -0.1) is 0 Å². The molecule has 0 saturated heterocycles. The normalized spacial score (nSPS) is 19.3. The van der Waals surface area contributed by atoms with Gasteiger partial charge in [-0.2, -0.15) is 0 Å². The van der Waals surface area contributed by atoms with Gasteiger partial charge < -0.3 is 9.47 Å². The average Bonchev–Trinajstić information content (AvgIpc) is 2.73. The Hall–Kier alpha value is -3.08. The highest BCUT2D eigenvalue weighted by Gasteiger charge is 2.39. The minimum Gasteiger partial charge on any atom is -0.493 e. The fourth-order valence-corrected chi connectivity index (χ4v) is 4.34. The van der Waals surface area contributed by atoms with Crippen LogP contribution in [0.3, 0.4) is 0 Å². The molecule has 4 rings (SSSR count). The molecule has 1 aliphatic heterocycles. The number of hydrogen-bond donors (Lipinski definition) is 0. The van der Waals surface area contributed by atoms with Crippen LogP contribution >= 0.6 is 0 Å². The number of ketones is 1. The van der Waals surface area contributed by atoms with Crippen LogP contribution in [0.15, 0.2) is 53.7 Å². The third-order valence-corrected chi connectivity index (χ3v) is 5.78. The number of methoxy groups -OCH3 is 2. The zero-order valence-corrected chi connectivity index (χ0v) is 17.0. The quantitative estimate of drug-likeness (QED) is 0.768. The number of rotatable bonds is 4. The van der Waals surface area contributed by atoms with E-state index in [-0.39, 0.29) is 24.0 Å². The third-order valence-electron chi connectivity index (χ3n) is 5.78. The first-order valence-corrected chi connectivity index (χ1v) is 9.91. The molecule has 2 aromatic carbocycles. The molecule has 5 heteroatoms. The van der Waals surface area contributed by atoms with Gasteiger partial charge in [0.05, 0.1) is 14.2 Å². The second kappa shape index (κ2) is 7.74. The predicted octanol–water partition coefficient (Wildman–Crippen LogP) is 4.54. The van der Waals surface area contributed by atoms with Crippen LogP contribution in [0.25, 0.3) is 0 Å². The summed E-state index contributed by atoms with van der Waals surface area (Å²) in [5, 5.41) is 0. The predicted molar refractivity (Wildman–Crippen MR) is 111 cm³/mol. The van der Waals surface area contributed by atoms with Crippen molar-refractivity contribution in [1.82, 2.24) is 0 Å². The van der Waals surface area contributed by atoms with E-state index in [1.165, 1.54) is 0 Å². The van der Waals surface area contributed by atoms with E-state index in [1.54, 1.807) is 19.1 Å². The largest absolute Gasteiger partial charge is 0.493 e. The molecular formula is C24H25NO4. The van der Waals surface area contributed by atoms with E-state index in [0.29, 0.717) is 17.9 Å². The minimum atomic E-state index is -0.258. The lowest BCUT2D eigenvalue weighted by atomic mass is 9.77. The maximum atomic E-state index is 13.2. The molecular weight excluding hydrogens is 366 g/mol. The van der Waals surface area contributed by atoms with E-state index in [2.05, 4.69) is 0 Å². The Bertz CT molecular complexity index is 990. The van der Waals surface area contributed by atoms with E-state index in [1.807, 2.05) is 49.4 Å². The fourth-order valence-electron chi connectivity index (χ4n) is 4.34. The number of nitrogens with zero attached hydrogens (tertiary/aromatic N) is 1. The zero-order valence-electron chi connectivity index (χ0n) is 17.0. The summed E-state index contributed by atoms with van der Waals surface area (Å²) in [6.45, 7) is 2.02. The molecule has 0 saturated carbocycles. The van der Waals surface area contributed by atoms with Gasteiger partial charge in [0.2, 0.25) is 5.91 Å². The van der Waals surface area contributed by atoms with Gasteiger partial charge >= 0.3 is 0 Å². The number of anilines is 1. The number of ether oxygens (including phenoxy) is 2. The molecule has 150 valence electrons. The smallest absolute Gasteiger partial charge is 0.232 e. The van der Waals surface area contributed by atoms with Crippen LogP contribution in [0, 0.1) is 6.92 Å². The molecule has 0 radical (unpaired) electrons. The summed E-state index contributed by atoms with van der Waals surface area (Å²) >= 11 is 0. The molecule has 1 aliphatic carbocycles. The summed E-state index contributed by atoms with van der Waals surface area (Å²) in [5.74, 6) is 1.12. The summed E-state index contributed by atoms with van der Waals surface area (Å²) in [5.41, 5.74) is 4.48. The van der Waals surface area contributed by atoms with Crippen molar-refractivity contribution in [3.8, 4) is 11.5 Å². The van der Waals surface area contributed by atoms with Crippen molar-refractivity contribution < 1.29 is 19.1 Å². The Balaban J connectivity index is 1.83. The molecule has 1 amide bonds. The molecule has 0 spiro atoms. The van der Waals surface area contributed by atoms with Gasteiger partial charge in [0.15, 0.2) is 17.3 Å². The van der Waals surface area contributed by atoms with Crippen molar-refractivity contribution in [3.63, 3.8) is 0 Å². The number of carbonyl (C=O) groups is 2. The van der Waals surface area contributed by atoms with Crippen LogP contribution < -0.4 is 14.4 Å². The van der Waals surface area contributed by atoms with Crippen LogP contribution in [-0.2, 0) is 9.59 Å². The average molecular weight is 391 g/mol. The van der Waals surface area contributed by atoms with Crippen LogP contribution in [0.1, 0.15) is 42.7 Å². The number of hydrogen-bond acceptors (Lipinski definition) is 4. The van der Waals surface area contributed by atoms with Crippen molar-refractivity contribution in [2.45, 2.75) is 38.5 Å². The number of carbonyl (C=O) groups excluding carboxylic acids is 2. The Morgan fingerprint density at radius 2 is 1.66 bits per heavy atom. The van der Waals surface area contributed by atoms with E-state index >= 15 is 0 Å². The molecule has 1 atom stereocenters. The summed E-state index contributed by atoms with van der Waals surface area (Å²) in [6, 6.07) is 13.5. The first kappa shape index (κ1) is 19.2. The SMILES string of the molecule is COc1ccc(C2CC(=O)N(c3ccc(C)cc3)C3=C2C(=O)CCC3)cc1OC. The molecule has 29 heavy (non-hydrogen) atoms. The molecule has 0 fully saturated rings. The van der Waals surface area contributed by atoms with E-state index in [9.17, 15) is 9.59 Å². The number of allylic oxidation sites excluding steroid dienone is 2. The van der Waals surface area contributed by atoms with E-state index in [4.69, 9.17) is 9.47 Å². The van der Waals surface area contributed by atoms with Gasteiger partial charge in [-0.05, 0) is 49.6 Å². The summed E-state index contributed by atoms with van der Waals surface area (Å²) in [7, 11) is 3.18. The number of Topliss-reactive ketones (excluding diaryl/α,β-unsaturated/α-hetero) is 1. The molecule has 0 bridgehead atoms. The Morgan fingerprint density at radius 3 is 2.34 bits per heavy atom. The molecule has 0 aromatic heterocycles. The van der Waals surface area contributed by atoms with E-state index in [0.717, 1.165) is 40.9 Å². The third kappa shape index (κ3) is 3.41. The van der Waals surface area contributed by atoms with Crippen LogP contribution in [0.2, 0.25) is 0 Å². The monoisotopic (exact) mass is 391 g/mol. The molecule has 2 aromatic rings. The Labute approximate surface area is 170 Å². The van der Waals surface area contributed by atoms with Crippen molar-refractivity contribution >= 4 is 17.4 Å². The number of aryl methyl sites for hydroxylation is 1. The standard InChI is InChI=1S/C24H25NO4/c1-15-7-10-17(11-8-15)25-19-5-4-6-20(26)24(19)18(14-23(25)27)16-9-12-21(28-2)22(13-16)29-3/h7-13,18H,4-6,14H2,1-3H3. The van der Waals surface area contributed by atoms with Crippen LogP contribution in [-0.4, -0.2) is 25.9 Å². The van der Waals surface area contributed by atoms with Crippen molar-refractivity contribution in [2.24, 2.45) is 0 Å². The van der Waals surface area contributed by atoms with Crippen LogP contribution in [0.5, 0.6) is 11.5 Å². The second-order valence-corrected chi connectivity index (χ2v) is 7.57. The maximum Gasteiger partial charge on any atom is 0.232 e. The number of amides is 1. The number of benzene rings is 2. The van der Waals surface area contributed by atoms with Gasteiger partial charge in [0, 0.05) is 35.7 Å². The lowest BCUT2D eigenvalue weighted by Crippen LogP contribution is -2.40. The molecule has 0 N–H and O–H groups in total. The van der Waals surface area contributed by atoms with Crippen molar-refractivity contribution in [3.05, 3.63) is 64.9 Å². The molecule has 2 aliphatic rings. The fraction of sp³-hybridized carbons (Fsp3) is 0.333. The highest BCUT2D eigenvalue weighted by Crippen LogP contribution is 2.44. The Morgan fingerprint density at radius 1 is 0.931 bits per heavy atom. The highest BCUT2D eigenvalue weighted by atomic mass is 16.5. The van der Waals surface area contributed by atoms with Crippen molar-refractivity contribution in [2.75, 3.05) is 19.1 Å². The van der Waals surface area contributed by atoms with E-state index < -0.39 is 0 Å². The van der Waals surface area contributed by atoms with Gasteiger partial charge in [0.25, 0.3) is 0 Å².